The molecule has 19 heavy (non-hydrogen) atoms. The van der Waals surface area contributed by atoms with Crippen LogP contribution in [0.4, 0.5) is 5.69 Å². The number of hydrogen-bond donors (Lipinski definition) is 1. The number of aromatic hydroxyl groups is 1. The monoisotopic (exact) mass is 294 g/mol. The van der Waals surface area contributed by atoms with Crippen molar-refractivity contribution in [2.24, 2.45) is 4.99 Å². The summed E-state index contributed by atoms with van der Waals surface area (Å²) in [6.45, 7) is 2.59. The van der Waals surface area contributed by atoms with Gasteiger partial charge in [0.2, 0.25) is 5.88 Å². The van der Waals surface area contributed by atoms with Gasteiger partial charge in [0.05, 0.1) is 19.0 Å². The summed E-state index contributed by atoms with van der Waals surface area (Å²) in [7, 11) is 1.62. The van der Waals surface area contributed by atoms with Gasteiger partial charge in [0.15, 0.2) is 3.95 Å². The largest absolute Gasteiger partial charge is 0.497 e. The topological polar surface area (TPSA) is 46.8 Å². The number of rotatable bonds is 4. The third-order valence-corrected chi connectivity index (χ3v) is 3.99. The van der Waals surface area contributed by atoms with E-state index in [9.17, 15) is 5.11 Å². The zero-order valence-corrected chi connectivity index (χ0v) is 12.3. The third kappa shape index (κ3) is 3.02. The van der Waals surface area contributed by atoms with Crippen molar-refractivity contribution in [2.45, 2.75) is 13.5 Å². The minimum atomic E-state index is 0.176. The summed E-state index contributed by atoms with van der Waals surface area (Å²) in [5.74, 6) is 0.962. The Morgan fingerprint density at radius 1 is 1.42 bits per heavy atom. The molecule has 0 radical (unpaired) electrons. The van der Waals surface area contributed by atoms with Crippen LogP contribution in [0.15, 0.2) is 29.3 Å². The minimum Gasteiger partial charge on any atom is -0.497 e. The van der Waals surface area contributed by atoms with Crippen LogP contribution in [0.3, 0.4) is 0 Å². The van der Waals surface area contributed by atoms with E-state index in [4.69, 9.17) is 17.0 Å². The van der Waals surface area contributed by atoms with Gasteiger partial charge in [-0.2, -0.15) is 0 Å². The molecule has 0 saturated carbocycles. The summed E-state index contributed by atoms with van der Waals surface area (Å²) in [5.41, 5.74) is 0.794. The Balaban J connectivity index is 2.24. The molecule has 0 spiro atoms. The molecule has 100 valence electrons. The number of thiazole rings is 1. The van der Waals surface area contributed by atoms with Crippen molar-refractivity contribution >= 4 is 35.5 Å². The minimum absolute atomic E-state index is 0.176. The highest BCUT2D eigenvalue weighted by molar-refractivity contribution is 7.73. The van der Waals surface area contributed by atoms with Crippen LogP contribution in [0.25, 0.3) is 0 Å². The number of nitrogens with zero attached hydrogens (tertiary/aromatic N) is 2. The van der Waals surface area contributed by atoms with Crippen LogP contribution >= 0.6 is 23.6 Å². The van der Waals surface area contributed by atoms with E-state index in [2.05, 4.69) is 4.99 Å². The molecule has 0 saturated heterocycles. The number of benzene rings is 1. The predicted octanol–water partition coefficient (Wildman–Crippen LogP) is 3.76. The summed E-state index contributed by atoms with van der Waals surface area (Å²) in [6, 6.07) is 7.38. The van der Waals surface area contributed by atoms with E-state index in [0.717, 1.165) is 11.4 Å². The lowest BCUT2D eigenvalue weighted by Gasteiger charge is -1.99. The normalized spacial score (nSPS) is 11.1. The van der Waals surface area contributed by atoms with Gasteiger partial charge in [-0.1, -0.05) is 11.3 Å². The van der Waals surface area contributed by atoms with Crippen LogP contribution in [0.5, 0.6) is 11.6 Å². The van der Waals surface area contributed by atoms with E-state index in [1.54, 1.807) is 17.9 Å². The van der Waals surface area contributed by atoms with Crippen LogP contribution < -0.4 is 4.74 Å². The van der Waals surface area contributed by atoms with Gasteiger partial charge in [-0.25, -0.2) is 0 Å². The van der Waals surface area contributed by atoms with E-state index < -0.39 is 0 Å². The molecule has 0 aliphatic carbocycles. The fourth-order valence-electron chi connectivity index (χ4n) is 1.58. The highest BCUT2D eigenvalue weighted by Crippen LogP contribution is 2.25. The van der Waals surface area contributed by atoms with E-state index in [-0.39, 0.29) is 5.88 Å². The summed E-state index contributed by atoms with van der Waals surface area (Å²) < 4.78 is 7.40. The van der Waals surface area contributed by atoms with Gasteiger partial charge >= 0.3 is 0 Å². The molecule has 0 bridgehead atoms. The Morgan fingerprint density at radius 3 is 2.63 bits per heavy atom. The molecule has 2 rings (SSSR count). The van der Waals surface area contributed by atoms with Crippen LogP contribution in [0.1, 0.15) is 11.8 Å². The Kier molecular flexibility index (Phi) is 4.34. The maximum atomic E-state index is 9.97. The Hall–Kier alpha value is -1.66. The van der Waals surface area contributed by atoms with Crippen molar-refractivity contribution in [3.05, 3.63) is 33.1 Å². The molecule has 2 aromatic rings. The van der Waals surface area contributed by atoms with Crippen LogP contribution in [0.2, 0.25) is 0 Å². The first-order chi connectivity index (χ1) is 9.15. The fourth-order valence-corrected chi connectivity index (χ4v) is 2.88. The van der Waals surface area contributed by atoms with Gasteiger partial charge in [-0.05, 0) is 43.4 Å². The fraction of sp³-hybridized carbons (Fsp3) is 0.231. The molecule has 1 heterocycles. The number of aliphatic imine (C=N–C) groups is 1. The Morgan fingerprint density at radius 2 is 2.11 bits per heavy atom. The number of aromatic nitrogens is 1. The molecule has 1 N–H and O–H groups in total. The second-order valence-corrected chi connectivity index (χ2v) is 5.43. The van der Waals surface area contributed by atoms with Crippen LogP contribution in [0, 0.1) is 3.95 Å². The zero-order chi connectivity index (χ0) is 13.8. The van der Waals surface area contributed by atoms with Crippen molar-refractivity contribution in [1.82, 2.24) is 4.57 Å². The molecule has 1 aromatic heterocycles. The molecule has 1 aromatic carbocycles. The van der Waals surface area contributed by atoms with Crippen molar-refractivity contribution in [3.8, 4) is 11.6 Å². The second kappa shape index (κ2) is 5.99. The molecule has 0 fully saturated rings. The third-order valence-electron chi connectivity index (χ3n) is 2.61. The van der Waals surface area contributed by atoms with E-state index in [1.807, 2.05) is 31.2 Å². The quantitative estimate of drug-likeness (QED) is 0.690. The molecular formula is C13H14N2O2S2. The summed E-state index contributed by atoms with van der Waals surface area (Å²) in [4.78, 5) is 4.98. The van der Waals surface area contributed by atoms with E-state index >= 15 is 0 Å². The maximum Gasteiger partial charge on any atom is 0.212 e. The van der Waals surface area contributed by atoms with Crippen LogP contribution in [-0.4, -0.2) is 23.0 Å². The van der Waals surface area contributed by atoms with Gasteiger partial charge in [0.1, 0.15) is 10.6 Å². The Bertz CT molecular complexity index is 642. The molecular weight excluding hydrogens is 280 g/mol. The summed E-state index contributed by atoms with van der Waals surface area (Å²) in [6.07, 6.45) is 1.63. The molecule has 6 heteroatoms. The maximum absolute atomic E-state index is 9.97. The highest BCUT2D eigenvalue weighted by Gasteiger charge is 2.08. The number of hydrogen-bond acceptors (Lipinski definition) is 5. The standard InChI is InChI=1S/C13H14N2O2S2/c1-3-15-12(16)11(19-13(15)18)8-14-9-4-6-10(17-2)7-5-9/h4-8,16H,3H2,1-2H3. The van der Waals surface area contributed by atoms with Gasteiger partial charge in [-0.3, -0.25) is 9.56 Å². The van der Waals surface area contributed by atoms with Gasteiger partial charge in [0.25, 0.3) is 0 Å². The first-order valence-electron chi connectivity index (χ1n) is 5.76. The smallest absolute Gasteiger partial charge is 0.212 e. The lowest BCUT2D eigenvalue weighted by Crippen LogP contribution is -1.92. The van der Waals surface area contributed by atoms with Crippen molar-refractivity contribution in [1.29, 1.82) is 0 Å². The predicted molar refractivity (Wildman–Crippen MR) is 80.7 cm³/mol. The number of ether oxygens (including phenoxy) is 1. The second-order valence-electron chi connectivity index (χ2n) is 3.76. The van der Waals surface area contributed by atoms with Crippen LogP contribution in [-0.2, 0) is 6.54 Å². The van der Waals surface area contributed by atoms with Gasteiger partial charge < -0.3 is 9.84 Å². The van der Waals surface area contributed by atoms with Crippen molar-refractivity contribution in [3.63, 3.8) is 0 Å². The average molecular weight is 294 g/mol. The average Bonchev–Trinajstić information content (AvgIpc) is 2.71. The summed E-state index contributed by atoms with van der Waals surface area (Å²) in [5, 5.41) is 9.97. The first-order valence-corrected chi connectivity index (χ1v) is 6.99. The molecule has 0 aliphatic heterocycles. The zero-order valence-electron chi connectivity index (χ0n) is 10.7. The van der Waals surface area contributed by atoms with Crippen molar-refractivity contribution in [2.75, 3.05) is 7.11 Å². The SMILES string of the molecule is CCn1c(O)c(C=Nc2ccc(OC)cc2)sc1=S. The van der Waals surface area contributed by atoms with E-state index in [0.29, 0.717) is 15.4 Å². The molecule has 0 atom stereocenters. The lowest BCUT2D eigenvalue weighted by atomic mass is 10.3. The molecule has 4 nitrogen and oxygen atoms in total. The molecule has 0 aliphatic rings. The molecule has 0 amide bonds. The highest BCUT2D eigenvalue weighted by atomic mass is 32.1. The van der Waals surface area contributed by atoms with E-state index in [1.165, 1.54) is 11.3 Å². The first kappa shape index (κ1) is 13.8. The van der Waals surface area contributed by atoms with Crippen molar-refractivity contribution < 1.29 is 9.84 Å². The van der Waals surface area contributed by atoms with Gasteiger partial charge in [0, 0.05) is 6.54 Å². The number of methoxy groups -OCH3 is 1. The molecule has 0 unspecified atom stereocenters. The summed E-state index contributed by atoms with van der Waals surface area (Å²) >= 11 is 6.51. The lowest BCUT2D eigenvalue weighted by molar-refractivity contribution is 0.415. The van der Waals surface area contributed by atoms with Gasteiger partial charge in [-0.15, -0.1) is 0 Å². The Labute approximate surface area is 120 Å².